The van der Waals surface area contributed by atoms with Gasteiger partial charge in [0.25, 0.3) is 0 Å². The van der Waals surface area contributed by atoms with E-state index in [4.69, 9.17) is 0 Å². The molecule has 0 amide bonds. The number of nitrogens with zero attached hydrogens (tertiary/aromatic N) is 2. The second kappa shape index (κ2) is 19.3. The van der Waals surface area contributed by atoms with Crippen molar-refractivity contribution in [3.05, 3.63) is 296 Å². The van der Waals surface area contributed by atoms with E-state index in [1.54, 1.807) is 0 Å². The maximum atomic E-state index is 2.42. The Balaban J connectivity index is 0.846. The summed E-state index contributed by atoms with van der Waals surface area (Å²) in [6, 6.07) is 102. The Labute approximate surface area is 444 Å². The average Bonchev–Trinajstić information content (AvgIpc) is 3.86. The molecule has 0 aliphatic heterocycles. The third-order valence-corrected chi connectivity index (χ3v) is 15.5. The summed E-state index contributed by atoms with van der Waals surface area (Å²) in [4.78, 5) is 2.42. The lowest BCUT2D eigenvalue weighted by atomic mass is 9.89. The molecule has 0 atom stereocenters. The molecule has 0 N–H and O–H groups in total. The van der Waals surface area contributed by atoms with Gasteiger partial charge in [0, 0.05) is 33.4 Å². The van der Waals surface area contributed by atoms with Crippen LogP contribution in [0.25, 0.3) is 111 Å². The third-order valence-electron chi connectivity index (χ3n) is 15.5. The second-order valence-corrected chi connectivity index (χ2v) is 19.9. The van der Waals surface area contributed by atoms with Gasteiger partial charge in [-0.25, -0.2) is 0 Å². The molecule has 0 bridgehead atoms. The van der Waals surface area contributed by atoms with Gasteiger partial charge in [-0.1, -0.05) is 231 Å². The van der Waals surface area contributed by atoms with Gasteiger partial charge >= 0.3 is 0 Å². The maximum absolute atomic E-state index is 2.42. The van der Waals surface area contributed by atoms with Gasteiger partial charge in [-0.2, -0.15) is 0 Å². The molecule has 2 heteroatoms. The fourth-order valence-corrected chi connectivity index (χ4v) is 11.8. The molecule has 1 heterocycles. The Bertz CT molecular complexity index is 4290. The highest BCUT2D eigenvalue weighted by atomic mass is 15.1. The van der Waals surface area contributed by atoms with Gasteiger partial charge in [-0.15, -0.1) is 0 Å². The molecule has 358 valence electrons. The van der Waals surface area contributed by atoms with Crippen LogP contribution in [0.5, 0.6) is 0 Å². The largest absolute Gasteiger partial charge is 0.310 e. The molecule has 1 aliphatic rings. The number of rotatable bonds is 10. The van der Waals surface area contributed by atoms with Gasteiger partial charge in [0.05, 0.1) is 16.7 Å². The topological polar surface area (TPSA) is 8.17 Å². The molecule has 0 radical (unpaired) electrons. The first-order chi connectivity index (χ1) is 37.7. The molecule has 0 unspecified atom stereocenters. The molecule has 1 aliphatic carbocycles. The SMILES string of the molecule is C1=Cc2cccc(-c3ccc(-c4ccc(N(c5ccc(-c6ccc(-c7cccc8ccccc78)cc6)cc5)c5ccccc5-c5cccc(-c6cccc7c6c6ccccc6n7-c6ccccc6)c5)cc4)cc3)c2CC1. The van der Waals surface area contributed by atoms with E-state index in [0.717, 1.165) is 46.7 Å². The molecule has 76 heavy (non-hydrogen) atoms. The quantitative estimate of drug-likeness (QED) is 0.133. The minimum Gasteiger partial charge on any atom is -0.310 e. The number of anilines is 3. The van der Waals surface area contributed by atoms with Crippen molar-refractivity contribution in [2.45, 2.75) is 12.8 Å². The van der Waals surface area contributed by atoms with Crippen molar-refractivity contribution < 1.29 is 0 Å². The summed E-state index contributed by atoms with van der Waals surface area (Å²) in [7, 11) is 0. The van der Waals surface area contributed by atoms with Crippen LogP contribution in [0.2, 0.25) is 0 Å². The van der Waals surface area contributed by atoms with E-state index >= 15 is 0 Å². The summed E-state index contributed by atoms with van der Waals surface area (Å²) in [6.45, 7) is 0. The van der Waals surface area contributed by atoms with Gasteiger partial charge in [0.1, 0.15) is 0 Å². The monoisotopic (exact) mass is 968 g/mol. The first kappa shape index (κ1) is 44.9. The summed E-state index contributed by atoms with van der Waals surface area (Å²) >= 11 is 0. The fourth-order valence-electron chi connectivity index (χ4n) is 11.8. The average molecular weight is 969 g/mol. The molecule has 0 spiro atoms. The highest BCUT2D eigenvalue weighted by molar-refractivity contribution is 6.16. The molecule has 13 aromatic rings. The van der Waals surface area contributed by atoms with E-state index < -0.39 is 0 Å². The van der Waals surface area contributed by atoms with Crippen molar-refractivity contribution in [2.24, 2.45) is 0 Å². The van der Waals surface area contributed by atoms with Crippen molar-refractivity contribution >= 4 is 55.7 Å². The molecule has 1 aromatic heterocycles. The van der Waals surface area contributed by atoms with Crippen LogP contribution in [-0.2, 0) is 6.42 Å². The van der Waals surface area contributed by atoms with Crippen LogP contribution in [-0.4, -0.2) is 4.57 Å². The standard InChI is InChI=1S/C74H52N2/c1-2-22-61(23-3-1)76-72-32-11-9-27-70(72)74-69(30-15-33-73(74)76)60-21-12-20-59(50-60)68-26-8-10-31-71(68)75(62-46-42-53(43-47-62)51-34-38-57(39-35-51)66-28-13-18-55-16-4-6-24-64(55)66)63-48-44-54(45-49-63)52-36-40-58(41-37-52)67-29-14-19-56-17-5-7-25-65(56)67/h1-6,8-24,26-50H,7,25H2. The highest BCUT2D eigenvalue weighted by Crippen LogP contribution is 2.45. The molecule has 12 aromatic carbocycles. The van der Waals surface area contributed by atoms with E-state index in [2.05, 4.69) is 301 Å². The summed E-state index contributed by atoms with van der Waals surface area (Å²) in [6.07, 6.45) is 6.72. The summed E-state index contributed by atoms with van der Waals surface area (Å²) in [5.41, 5.74) is 24.1. The van der Waals surface area contributed by atoms with E-state index in [1.807, 2.05) is 0 Å². The number of fused-ring (bicyclic) bond motifs is 5. The summed E-state index contributed by atoms with van der Waals surface area (Å²) in [5, 5.41) is 5.01. The minimum atomic E-state index is 1.08. The molecular weight excluding hydrogens is 917 g/mol. The third kappa shape index (κ3) is 8.09. The number of hydrogen-bond acceptors (Lipinski definition) is 1. The van der Waals surface area contributed by atoms with Crippen LogP contribution in [0.1, 0.15) is 17.5 Å². The van der Waals surface area contributed by atoms with Crippen LogP contribution < -0.4 is 4.90 Å². The van der Waals surface area contributed by atoms with Crippen molar-refractivity contribution in [3.63, 3.8) is 0 Å². The molecule has 2 nitrogen and oxygen atoms in total. The summed E-state index contributed by atoms with van der Waals surface area (Å²) < 4.78 is 2.40. The second-order valence-electron chi connectivity index (χ2n) is 19.9. The normalized spacial score (nSPS) is 12.1. The smallest absolute Gasteiger partial charge is 0.0547 e. The predicted octanol–water partition coefficient (Wildman–Crippen LogP) is 20.4. The number of aromatic nitrogens is 1. The number of allylic oxidation sites excluding steroid dienone is 1. The molecule has 14 rings (SSSR count). The van der Waals surface area contributed by atoms with Gasteiger partial charge in [-0.05, 0) is 157 Å². The Morgan fingerprint density at radius 2 is 0.829 bits per heavy atom. The van der Waals surface area contributed by atoms with Crippen LogP contribution in [0.3, 0.4) is 0 Å². The van der Waals surface area contributed by atoms with Crippen molar-refractivity contribution in [3.8, 4) is 72.4 Å². The zero-order valence-electron chi connectivity index (χ0n) is 42.0. The fraction of sp³-hybridized carbons (Fsp3) is 0.0270. The Morgan fingerprint density at radius 1 is 0.329 bits per heavy atom. The van der Waals surface area contributed by atoms with Crippen LogP contribution in [0.15, 0.2) is 285 Å². The zero-order chi connectivity index (χ0) is 50.4. The van der Waals surface area contributed by atoms with E-state index in [1.165, 1.54) is 99.3 Å². The first-order valence-electron chi connectivity index (χ1n) is 26.5. The number of benzene rings is 12. The lowest BCUT2D eigenvalue weighted by molar-refractivity contribution is 0.988. The van der Waals surface area contributed by atoms with Gasteiger partial charge in [0.2, 0.25) is 0 Å². The van der Waals surface area contributed by atoms with Crippen LogP contribution in [0.4, 0.5) is 17.1 Å². The maximum Gasteiger partial charge on any atom is 0.0547 e. The Kier molecular flexibility index (Phi) is 11.4. The van der Waals surface area contributed by atoms with E-state index in [-0.39, 0.29) is 0 Å². The molecule has 0 fully saturated rings. The van der Waals surface area contributed by atoms with Gasteiger partial charge in [0.15, 0.2) is 0 Å². The van der Waals surface area contributed by atoms with Gasteiger partial charge in [-0.3, -0.25) is 0 Å². The molecule has 0 saturated heterocycles. The molecule has 0 saturated carbocycles. The van der Waals surface area contributed by atoms with Crippen molar-refractivity contribution in [2.75, 3.05) is 4.90 Å². The number of hydrogen-bond donors (Lipinski definition) is 0. The van der Waals surface area contributed by atoms with Crippen LogP contribution in [0, 0.1) is 0 Å². The Hall–Kier alpha value is -9.76. The molecular formula is C74H52N2. The highest BCUT2D eigenvalue weighted by Gasteiger charge is 2.21. The van der Waals surface area contributed by atoms with Crippen molar-refractivity contribution in [1.29, 1.82) is 0 Å². The van der Waals surface area contributed by atoms with E-state index in [9.17, 15) is 0 Å². The van der Waals surface area contributed by atoms with Crippen LogP contribution >= 0.6 is 0 Å². The lowest BCUT2D eigenvalue weighted by Gasteiger charge is -2.28. The first-order valence-corrected chi connectivity index (χ1v) is 26.5. The lowest BCUT2D eigenvalue weighted by Crippen LogP contribution is -2.11. The number of para-hydroxylation sites is 3. The van der Waals surface area contributed by atoms with Gasteiger partial charge < -0.3 is 9.47 Å². The zero-order valence-corrected chi connectivity index (χ0v) is 42.0. The summed E-state index contributed by atoms with van der Waals surface area (Å²) in [5.74, 6) is 0. The predicted molar refractivity (Wildman–Crippen MR) is 323 cm³/mol. The van der Waals surface area contributed by atoms with Crippen molar-refractivity contribution in [1.82, 2.24) is 4.57 Å². The van der Waals surface area contributed by atoms with E-state index in [0.29, 0.717) is 0 Å². The Morgan fingerprint density at radius 3 is 1.57 bits per heavy atom. The minimum absolute atomic E-state index is 1.08.